The maximum Gasteiger partial charge on any atom is 0.169 e. The minimum Gasteiger partial charge on any atom is -0.324 e. The topological polar surface area (TPSA) is 36.8 Å². The van der Waals surface area contributed by atoms with E-state index in [1.807, 2.05) is 17.4 Å². The fourth-order valence-corrected chi connectivity index (χ4v) is 8.39. The molecule has 49 heavy (non-hydrogen) atoms. The summed E-state index contributed by atoms with van der Waals surface area (Å²) in [6.07, 6.45) is -0.396. The zero-order chi connectivity index (χ0) is 32.3. The average molecular weight is 644 g/mol. The van der Waals surface area contributed by atoms with Crippen LogP contribution in [-0.2, 0) is 0 Å². The minimum atomic E-state index is -0.396. The van der Waals surface area contributed by atoms with Gasteiger partial charge in [0, 0.05) is 31.3 Å². The summed E-state index contributed by atoms with van der Waals surface area (Å²) in [6.45, 7) is 0. The first kappa shape index (κ1) is 28.0. The van der Waals surface area contributed by atoms with Crippen LogP contribution in [0.4, 0.5) is 0 Å². The molecule has 1 unspecified atom stereocenters. The highest BCUT2D eigenvalue weighted by Crippen LogP contribution is 2.38. The van der Waals surface area contributed by atoms with Gasteiger partial charge in [0.05, 0.1) is 0 Å². The number of hydrogen-bond donors (Lipinski definition) is 1. The normalized spacial score (nSPS) is 14.7. The predicted molar refractivity (Wildman–Crippen MR) is 209 cm³/mol. The lowest BCUT2D eigenvalue weighted by Crippen LogP contribution is -2.36. The van der Waals surface area contributed by atoms with E-state index in [2.05, 4.69) is 163 Å². The lowest BCUT2D eigenvalue weighted by atomic mass is 9.93. The van der Waals surface area contributed by atoms with Crippen LogP contribution in [0.15, 0.2) is 174 Å². The standard InChI is InChI=1S/C45H29N3S/c1-2-10-28(11-3-1)29-18-20-30(21-19-29)43-46-44(48-45(47-43)32-23-25-42-40(27-32)38-16-8-9-17-41(38)49-42)31-22-24-37-35-14-5-4-12-33(35)34-13-6-7-15-36(34)39(37)26-31/h1-27,45H,(H,46,47,48). The number of aliphatic imine (C=N–C) groups is 2. The van der Waals surface area contributed by atoms with Crippen molar-refractivity contribution >= 4 is 75.5 Å². The Morgan fingerprint density at radius 2 is 0.878 bits per heavy atom. The molecule has 1 atom stereocenters. The maximum atomic E-state index is 5.31. The van der Waals surface area contributed by atoms with Crippen LogP contribution in [0.2, 0.25) is 0 Å². The van der Waals surface area contributed by atoms with Crippen molar-refractivity contribution in [2.75, 3.05) is 0 Å². The van der Waals surface area contributed by atoms with Gasteiger partial charge in [0.15, 0.2) is 6.17 Å². The van der Waals surface area contributed by atoms with Gasteiger partial charge < -0.3 is 5.32 Å². The second-order valence-electron chi connectivity index (χ2n) is 12.6. The van der Waals surface area contributed by atoms with E-state index in [9.17, 15) is 0 Å². The van der Waals surface area contributed by atoms with Crippen LogP contribution in [0, 0.1) is 0 Å². The third-order valence-electron chi connectivity index (χ3n) is 9.72. The molecular formula is C45H29N3S. The lowest BCUT2D eigenvalue weighted by Gasteiger charge is -2.23. The van der Waals surface area contributed by atoms with Crippen LogP contribution in [0.5, 0.6) is 0 Å². The molecule has 0 fully saturated rings. The zero-order valence-corrected chi connectivity index (χ0v) is 27.3. The van der Waals surface area contributed by atoms with Gasteiger partial charge in [0.2, 0.25) is 0 Å². The van der Waals surface area contributed by atoms with Crippen LogP contribution in [0.3, 0.4) is 0 Å². The van der Waals surface area contributed by atoms with E-state index in [0.717, 1.165) is 28.4 Å². The van der Waals surface area contributed by atoms with E-state index in [-0.39, 0.29) is 0 Å². The summed E-state index contributed by atoms with van der Waals surface area (Å²) >= 11 is 1.83. The van der Waals surface area contributed by atoms with Gasteiger partial charge in [0.25, 0.3) is 0 Å². The fraction of sp³-hybridized carbons (Fsp3) is 0.0222. The van der Waals surface area contributed by atoms with Crippen LogP contribution < -0.4 is 5.32 Å². The summed E-state index contributed by atoms with van der Waals surface area (Å²) in [5.41, 5.74) is 5.50. The lowest BCUT2D eigenvalue weighted by molar-refractivity contribution is 0.757. The van der Waals surface area contributed by atoms with Gasteiger partial charge in [-0.25, -0.2) is 9.98 Å². The number of benzene rings is 8. The molecule has 0 amide bonds. The molecule has 1 aliphatic rings. The highest BCUT2D eigenvalue weighted by atomic mass is 32.1. The number of fused-ring (bicyclic) bond motifs is 9. The summed E-state index contributed by atoms with van der Waals surface area (Å²) in [5, 5.41) is 13.7. The molecule has 8 aromatic carbocycles. The van der Waals surface area contributed by atoms with Crippen molar-refractivity contribution in [3.63, 3.8) is 0 Å². The number of nitrogens with zero attached hydrogens (tertiary/aromatic N) is 2. The molecule has 1 aromatic heterocycles. The SMILES string of the molecule is c1ccc(-c2ccc(C3=NC(c4ccc5sc6ccccc6c5c4)N=C(c4ccc5c6ccccc6c6ccccc6c5c4)N3)cc2)cc1. The third kappa shape index (κ3) is 4.72. The van der Waals surface area contributed by atoms with Crippen molar-refractivity contribution in [2.24, 2.45) is 9.98 Å². The Labute approximate surface area is 287 Å². The fourth-order valence-electron chi connectivity index (χ4n) is 7.30. The van der Waals surface area contributed by atoms with Gasteiger partial charge in [0.1, 0.15) is 11.7 Å². The molecule has 4 heteroatoms. The molecule has 10 rings (SSSR count). The molecular weight excluding hydrogens is 615 g/mol. The van der Waals surface area contributed by atoms with E-state index >= 15 is 0 Å². The number of thiophene rings is 1. The molecule has 230 valence electrons. The Balaban J connectivity index is 1.13. The van der Waals surface area contributed by atoms with Crippen molar-refractivity contribution in [1.82, 2.24) is 5.32 Å². The highest BCUT2D eigenvalue weighted by Gasteiger charge is 2.22. The van der Waals surface area contributed by atoms with Crippen molar-refractivity contribution in [2.45, 2.75) is 6.17 Å². The molecule has 0 saturated carbocycles. The number of rotatable bonds is 4. The van der Waals surface area contributed by atoms with E-state index in [0.29, 0.717) is 0 Å². The summed E-state index contributed by atoms with van der Waals surface area (Å²) in [6, 6.07) is 58.6. The Hall–Kier alpha value is -6.10. The van der Waals surface area contributed by atoms with Gasteiger partial charge in [-0.2, -0.15) is 0 Å². The monoisotopic (exact) mass is 643 g/mol. The van der Waals surface area contributed by atoms with Gasteiger partial charge >= 0.3 is 0 Å². The van der Waals surface area contributed by atoms with Crippen LogP contribution in [0.25, 0.3) is 63.6 Å². The first-order chi connectivity index (χ1) is 24.3. The van der Waals surface area contributed by atoms with Gasteiger partial charge in [-0.3, -0.25) is 0 Å². The molecule has 9 aromatic rings. The van der Waals surface area contributed by atoms with E-state index < -0.39 is 6.17 Å². The molecule has 0 spiro atoms. The average Bonchev–Trinajstić information content (AvgIpc) is 3.56. The summed E-state index contributed by atoms with van der Waals surface area (Å²) in [5.74, 6) is 1.63. The Bertz CT molecular complexity index is 2760. The quantitative estimate of drug-likeness (QED) is 0.190. The highest BCUT2D eigenvalue weighted by molar-refractivity contribution is 7.25. The largest absolute Gasteiger partial charge is 0.324 e. The smallest absolute Gasteiger partial charge is 0.169 e. The minimum absolute atomic E-state index is 0.396. The van der Waals surface area contributed by atoms with E-state index in [1.165, 1.54) is 63.6 Å². The van der Waals surface area contributed by atoms with Crippen molar-refractivity contribution < 1.29 is 0 Å². The van der Waals surface area contributed by atoms with Gasteiger partial charge in [-0.1, -0.05) is 140 Å². The Morgan fingerprint density at radius 3 is 1.59 bits per heavy atom. The number of nitrogens with one attached hydrogen (secondary N) is 1. The summed E-state index contributed by atoms with van der Waals surface area (Å²) < 4.78 is 2.57. The van der Waals surface area contributed by atoms with Crippen LogP contribution in [0.1, 0.15) is 22.9 Å². The molecule has 2 heterocycles. The van der Waals surface area contributed by atoms with Crippen LogP contribution in [-0.4, -0.2) is 11.7 Å². The molecule has 0 aliphatic carbocycles. The first-order valence-electron chi connectivity index (χ1n) is 16.6. The molecule has 0 radical (unpaired) electrons. The molecule has 3 nitrogen and oxygen atoms in total. The zero-order valence-electron chi connectivity index (χ0n) is 26.5. The number of amidine groups is 2. The third-order valence-corrected chi connectivity index (χ3v) is 10.9. The van der Waals surface area contributed by atoms with Gasteiger partial charge in [-0.05, 0) is 73.3 Å². The van der Waals surface area contributed by atoms with Crippen LogP contribution >= 0.6 is 11.3 Å². The molecule has 0 saturated heterocycles. The second kappa shape index (κ2) is 11.3. The Kier molecular flexibility index (Phi) is 6.42. The molecule has 1 N–H and O–H groups in total. The van der Waals surface area contributed by atoms with Crippen molar-refractivity contribution in [1.29, 1.82) is 0 Å². The Morgan fingerprint density at radius 1 is 0.367 bits per heavy atom. The number of hydrogen-bond acceptors (Lipinski definition) is 4. The maximum absolute atomic E-state index is 5.31. The predicted octanol–water partition coefficient (Wildman–Crippen LogP) is 11.7. The van der Waals surface area contributed by atoms with Crippen molar-refractivity contribution in [3.05, 3.63) is 180 Å². The van der Waals surface area contributed by atoms with Gasteiger partial charge in [-0.15, -0.1) is 11.3 Å². The van der Waals surface area contributed by atoms with E-state index in [4.69, 9.17) is 9.98 Å². The van der Waals surface area contributed by atoms with E-state index in [1.54, 1.807) is 0 Å². The first-order valence-corrected chi connectivity index (χ1v) is 17.4. The molecule has 1 aliphatic heterocycles. The summed E-state index contributed by atoms with van der Waals surface area (Å²) in [4.78, 5) is 10.6. The molecule has 0 bridgehead atoms. The second-order valence-corrected chi connectivity index (χ2v) is 13.7. The van der Waals surface area contributed by atoms with Crippen molar-refractivity contribution in [3.8, 4) is 11.1 Å². The summed E-state index contributed by atoms with van der Waals surface area (Å²) in [7, 11) is 0.